The Labute approximate surface area is 114 Å². The lowest BCUT2D eigenvalue weighted by Gasteiger charge is -2.21. The summed E-state index contributed by atoms with van der Waals surface area (Å²) in [5.41, 5.74) is 10.3. The van der Waals surface area contributed by atoms with Gasteiger partial charge in [-0.05, 0) is 36.2 Å². The highest BCUT2D eigenvalue weighted by molar-refractivity contribution is 5.54. The molecule has 0 aromatic heterocycles. The van der Waals surface area contributed by atoms with Crippen LogP contribution in [0.15, 0.2) is 42.5 Å². The number of hydrogen-bond acceptors (Lipinski definition) is 3. The number of anilines is 2. The quantitative estimate of drug-likeness (QED) is 0.854. The third kappa shape index (κ3) is 2.99. The average molecular weight is 256 g/mol. The van der Waals surface area contributed by atoms with Gasteiger partial charge >= 0.3 is 0 Å². The van der Waals surface area contributed by atoms with Crippen molar-refractivity contribution in [1.82, 2.24) is 0 Å². The van der Waals surface area contributed by atoms with Crippen LogP contribution in [0.5, 0.6) is 5.75 Å². The molecule has 0 aliphatic rings. The van der Waals surface area contributed by atoms with Gasteiger partial charge in [0.05, 0.1) is 7.11 Å². The van der Waals surface area contributed by atoms with Crippen LogP contribution in [-0.2, 0) is 6.54 Å². The number of methoxy groups -OCH3 is 1. The molecule has 19 heavy (non-hydrogen) atoms. The molecule has 2 rings (SSSR count). The summed E-state index contributed by atoms with van der Waals surface area (Å²) in [5, 5.41) is 0. The molecule has 2 N–H and O–H groups in total. The molecule has 0 aliphatic carbocycles. The van der Waals surface area contributed by atoms with Gasteiger partial charge in [0.15, 0.2) is 0 Å². The lowest BCUT2D eigenvalue weighted by atomic mass is 10.1. The zero-order valence-corrected chi connectivity index (χ0v) is 11.7. The normalized spacial score (nSPS) is 10.3. The SMILES string of the molecule is COc1cccc(N(C)Cc2cccc(N)c2C)c1. The van der Waals surface area contributed by atoms with Gasteiger partial charge in [-0.1, -0.05) is 18.2 Å². The second-order valence-corrected chi connectivity index (χ2v) is 4.69. The van der Waals surface area contributed by atoms with E-state index in [1.807, 2.05) is 30.3 Å². The molecule has 0 amide bonds. The Morgan fingerprint density at radius 3 is 2.63 bits per heavy atom. The number of nitrogens with two attached hydrogens (primary N) is 1. The highest BCUT2D eigenvalue weighted by atomic mass is 16.5. The van der Waals surface area contributed by atoms with Crippen molar-refractivity contribution < 1.29 is 4.74 Å². The van der Waals surface area contributed by atoms with E-state index in [-0.39, 0.29) is 0 Å². The molecule has 0 unspecified atom stereocenters. The van der Waals surface area contributed by atoms with Gasteiger partial charge in [0, 0.05) is 31.0 Å². The lowest BCUT2D eigenvalue weighted by molar-refractivity contribution is 0.415. The smallest absolute Gasteiger partial charge is 0.120 e. The minimum absolute atomic E-state index is 0.823. The summed E-state index contributed by atoms with van der Waals surface area (Å²) in [4.78, 5) is 2.18. The largest absolute Gasteiger partial charge is 0.497 e. The Balaban J connectivity index is 2.20. The summed E-state index contributed by atoms with van der Waals surface area (Å²) < 4.78 is 5.25. The second-order valence-electron chi connectivity index (χ2n) is 4.69. The highest BCUT2D eigenvalue weighted by Gasteiger charge is 2.06. The fraction of sp³-hybridized carbons (Fsp3) is 0.250. The standard InChI is InChI=1S/C16H20N2O/c1-12-13(6-4-9-16(12)17)11-18(2)14-7-5-8-15(10-14)19-3/h4-10H,11,17H2,1-3H3. The molecule has 3 heteroatoms. The van der Waals surface area contributed by atoms with Gasteiger partial charge in [-0.2, -0.15) is 0 Å². The van der Waals surface area contributed by atoms with Crippen molar-refractivity contribution >= 4 is 11.4 Å². The molecular formula is C16H20N2O. The predicted octanol–water partition coefficient (Wildman–Crippen LogP) is 3.22. The molecular weight excluding hydrogens is 236 g/mol. The molecule has 0 saturated carbocycles. The van der Waals surface area contributed by atoms with Crippen molar-refractivity contribution in [2.45, 2.75) is 13.5 Å². The van der Waals surface area contributed by atoms with Crippen LogP contribution in [0.1, 0.15) is 11.1 Å². The molecule has 100 valence electrons. The Morgan fingerprint density at radius 2 is 1.89 bits per heavy atom. The number of rotatable bonds is 4. The summed E-state index contributed by atoms with van der Waals surface area (Å²) in [5.74, 6) is 0.869. The first-order chi connectivity index (χ1) is 9.11. The van der Waals surface area contributed by atoms with E-state index in [0.717, 1.165) is 29.2 Å². The summed E-state index contributed by atoms with van der Waals surface area (Å²) in [7, 11) is 3.75. The summed E-state index contributed by atoms with van der Waals surface area (Å²) in [6, 6.07) is 14.1. The van der Waals surface area contributed by atoms with Crippen LogP contribution in [0.4, 0.5) is 11.4 Å². The van der Waals surface area contributed by atoms with Crippen LogP contribution in [-0.4, -0.2) is 14.2 Å². The van der Waals surface area contributed by atoms with Crippen molar-refractivity contribution in [3.63, 3.8) is 0 Å². The van der Waals surface area contributed by atoms with Crippen molar-refractivity contribution in [3.8, 4) is 5.75 Å². The van der Waals surface area contributed by atoms with Gasteiger partial charge < -0.3 is 15.4 Å². The number of hydrogen-bond donors (Lipinski definition) is 1. The molecule has 0 radical (unpaired) electrons. The molecule has 2 aromatic rings. The number of ether oxygens (including phenoxy) is 1. The molecule has 0 bridgehead atoms. The van der Waals surface area contributed by atoms with Crippen LogP contribution >= 0.6 is 0 Å². The zero-order valence-electron chi connectivity index (χ0n) is 11.7. The second kappa shape index (κ2) is 5.65. The van der Waals surface area contributed by atoms with Gasteiger partial charge in [0.1, 0.15) is 5.75 Å². The van der Waals surface area contributed by atoms with E-state index in [0.29, 0.717) is 0 Å². The highest BCUT2D eigenvalue weighted by Crippen LogP contribution is 2.23. The third-order valence-electron chi connectivity index (χ3n) is 3.39. The summed E-state index contributed by atoms with van der Waals surface area (Å²) in [6.45, 7) is 2.88. The maximum Gasteiger partial charge on any atom is 0.120 e. The summed E-state index contributed by atoms with van der Waals surface area (Å²) in [6.07, 6.45) is 0. The molecule has 0 heterocycles. The van der Waals surface area contributed by atoms with Gasteiger partial charge in [-0.3, -0.25) is 0 Å². The lowest BCUT2D eigenvalue weighted by Crippen LogP contribution is -2.17. The van der Waals surface area contributed by atoms with Gasteiger partial charge in [0.2, 0.25) is 0 Å². The first-order valence-corrected chi connectivity index (χ1v) is 6.31. The van der Waals surface area contributed by atoms with E-state index in [2.05, 4.69) is 31.0 Å². The van der Waals surface area contributed by atoms with E-state index >= 15 is 0 Å². The Hall–Kier alpha value is -2.16. The molecule has 0 aliphatic heterocycles. The van der Waals surface area contributed by atoms with E-state index in [9.17, 15) is 0 Å². The molecule has 0 spiro atoms. The minimum Gasteiger partial charge on any atom is -0.497 e. The Morgan fingerprint density at radius 1 is 1.16 bits per heavy atom. The summed E-state index contributed by atoms with van der Waals surface area (Å²) >= 11 is 0. The van der Waals surface area contributed by atoms with E-state index in [1.54, 1.807) is 7.11 Å². The number of nitrogens with zero attached hydrogens (tertiary/aromatic N) is 1. The molecule has 0 atom stereocenters. The maximum atomic E-state index is 5.94. The first-order valence-electron chi connectivity index (χ1n) is 6.31. The van der Waals surface area contributed by atoms with E-state index < -0.39 is 0 Å². The average Bonchev–Trinajstić information content (AvgIpc) is 2.44. The maximum absolute atomic E-state index is 5.94. The van der Waals surface area contributed by atoms with Crippen LogP contribution in [0, 0.1) is 6.92 Å². The zero-order chi connectivity index (χ0) is 13.8. The molecule has 0 saturated heterocycles. The molecule has 2 aromatic carbocycles. The number of benzene rings is 2. The minimum atomic E-state index is 0.823. The first kappa shape index (κ1) is 13.3. The van der Waals surface area contributed by atoms with E-state index in [4.69, 9.17) is 10.5 Å². The van der Waals surface area contributed by atoms with Gasteiger partial charge in [-0.25, -0.2) is 0 Å². The van der Waals surface area contributed by atoms with E-state index in [1.165, 1.54) is 5.56 Å². The Kier molecular flexibility index (Phi) is 3.95. The van der Waals surface area contributed by atoms with Gasteiger partial charge in [0.25, 0.3) is 0 Å². The van der Waals surface area contributed by atoms with Crippen LogP contribution in [0.3, 0.4) is 0 Å². The topological polar surface area (TPSA) is 38.5 Å². The Bertz CT molecular complexity index is 566. The van der Waals surface area contributed by atoms with Crippen LogP contribution < -0.4 is 15.4 Å². The monoisotopic (exact) mass is 256 g/mol. The fourth-order valence-corrected chi connectivity index (χ4v) is 2.07. The van der Waals surface area contributed by atoms with Gasteiger partial charge in [-0.15, -0.1) is 0 Å². The molecule has 3 nitrogen and oxygen atoms in total. The third-order valence-corrected chi connectivity index (χ3v) is 3.39. The predicted molar refractivity (Wildman–Crippen MR) is 80.7 cm³/mol. The van der Waals surface area contributed by atoms with Crippen LogP contribution in [0.2, 0.25) is 0 Å². The molecule has 0 fully saturated rings. The van der Waals surface area contributed by atoms with Crippen molar-refractivity contribution in [1.29, 1.82) is 0 Å². The van der Waals surface area contributed by atoms with Crippen molar-refractivity contribution in [3.05, 3.63) is 53.6 Å². The van der Waals surface area contributed by atoms with Crippen LogP contribution in [0.25, 0.3) is 0 Å². The number of nitrogen functional groups attached to an aromatic ring is 1. The van der Waals surface area contributed by atoms with Crippen molar-refractivity contribution in [2.24, 2.45) is 0 Å². The fourth-order valence-electron chi connectivity index (χ4n) is 2.07. The van der Waals surface area contributed by atoms with Crippen molar-refractivity contribution in [2.75, 3.05) is 24.8 Å².